The fraction of sp³-hybridized carbons (Fsp3) is 0.429. The third-order valence-electron chi connectivity index (χ3n) is 5.06. The van der Waals surface area contributed by atoms with Gasteiger partial charge in [-0.15, -0.1) is 0 Å². The van der Waals surface area contributed by atoms with Gasteiger partial charge in [0.25, 0.3) is 11.5 Å². The summed E-state index contributed by atoms with van der Waals surface area (Å²) in [5, 5.41) is 2.97. The van der Waals surface area contributed by atoms with Gasteiger partial charge < -0.3 is 14.6 Å². The van der Waals surface area contributed by atoms with E-state index in [2.05, 4.69) is 11.4 Å². The smallest absolute Gasteiger partial charge is 0.263 e. The van der Waals surface area contributed by atoms with E-state index in [1.165, 1.54) is 5.56 Å². The summed E-state index contributed by atoms with van der Waals surface area (Å²) in [6, 6.07) is 9.93. The lowest BCUT2D eigenvalue weighted by Gasteiger charge is -2.16. The number of ether oxygens (including phenoxy) is 1. The molecule has 1 amide bonds. The summed E-state index contributed by atoms with van der Waals surface area (Å²) in [6.07, 6.45) is 1.74. The van der Waals surface area contributed by atoms with E-state index >= 15 is 0 Å². The number of carbonyl (C=O) groups is 1. The first kappa shape index (κ1) is 18.2. The van der Waals surface area contributed by atoms with Crippen LogP contribution in [0.25, 0.3) is 0 Å². The standard InChI is InChI=1S/C21H26N2O3/c1-4-23-15(3)11-14(2)19(21(23)25)20(24)22-13-16-9-10-26-18-8-6-5-7-17(18)12-16/h5-8,11,16H,4,9-10,12-13H2,1-3H3,(H,22,24)/t16-/m1/s1. The first-order valence-electron chi connectivity index (χ1n) is 9.21. The van der Waals surface area contributed by atoms with Crippen LogP contribution in [0.5, 0.6) is 5.75 Å². The lowest BCUT2D eigenvalue weighted by Crippen LogP contribution is -2.37. The van der Waals surface area contributed by atoms with Gasteiger partial charge in [-0.25, -0.2) is 0 Å². The minimum atomic E-state index is -0.284. The van der Waals surface area contributed by atoms with Gasteiger partial charge in [-0.05, 0) is 62.8 Å². The Morgan fingerprint density at radius 3 is 2.85 bits per heavy atom. The predicted octanol–water partition coefficient (Wildman–Crippen LogP) is 2.86. The van der Waals surface area contributed by atoms with Crippen LogP contribution in [0.1, 0.15) is 40.5 Å². The highest BCUT2D eigenvalue weighted by Gasteiger charge is 2.21. The summed E-state index contributed by atoms with van der Waals surface area (Å²) >= 11 is 0. The molecule has 26 heavy (non-hydrogen) atoms. The van der Waals surface area contributed by atoms with Crippen LogP contribution < -0.4 is 15.6 Å². The van der Waals surface area contributed by atoms with Gasteiger partial charge in [-0.2, -0.15) is 0 Å². The average molecular weight is 354 g/mol. The molecule has 1 atom stereocenters. The number of pyridine rings is 1. The molecule has 0 unspecified atom stereocenters. The van der Waals surface area contributed by atoms with Crippen molar-refractivity contribution in [1.29, 1.82) is 0 Å². The summed E-state index contributed by atoms with van der Waals surface area (Å²) in [7, 11) is 0. The topological polar surface area (TPSA) is 60.3 Å². The quantitative estimate of drug-likeness (QED) is 0.918. The summed E-state index contributed by atoms with van der Waals surface area (Å²) in [6.45, 7) is 7.36. The van der Waals surface area contributed by atoms with Crippen LogP contribution in [-0.4, -0.2) is 23.6 Å². The van der Waals surface area contributed by atoms with Crippen molar-refractivity contribution in [1.82, 2.24) is 9.88 Å². The molecule has 0 saturated carbocycles. The van der Waals surface area contributed by atoms with E-state index < -0.39 is 0 Å². The van der Waals surface area contributed by atoms with Crippen molar-refractivity contribution in [3.63, 3.8) is 0 Å². The number of aryl methyl sites for hydroxylation is 2. The van der Waals surface area contributed by atoms with Gasteiger partial charge in [-0.1, -0.05) is 18.2 Å². The molecule has 1 N–H and O–H groups in total. The van der Waals surface area contributed by atoms with E-state index in [-0.39, 0.29) is 17.0 Å². The Morgan fingerprint density at radius 2 is 2.08 bits per heavy atom. The van der Waals surface area contributed by atoms with E-state index in [0.717, 1.165) is 29.8 Å². The van der Waals surface area contributed by atoms with Gasteiger partial charge in [0, 0.05) is 18.8 Å². The molecule has 0 saturated heterocycles. The van der Waals surface area contributed by atoms with Gasteiger partial charge in [-0.3, -0.25) is 9.59 Å². The Bertz CT molecular complexity index is 870. The lowest BCUT2D eigenvalue weighted by atomic mass is 9.96. The molecule has 3 rings (SSSR count). The molecular formula is C21H26N2O3. The molecule has 138 valence electrons. The maximum Gasteiger partial charge on any atom is 0.263 e. The molecule has 0 fully saturated rings. The molecular weight excluding hydrogens is 328 g/mol. The Hall–Kier alpha value is -2.56. The van der Waals surface area contributed by atoms with Crippen molar-refractivity contribution in [3.8, 4) is 5.75 Å². The van der Waals surface area contributed by atoms with Gasteiger partial charge in [0.2, 0.25) is 0 Å². The second kappa shape index (κ2) is 7.77. The number of nitrogens with one attached hydrogen (secondary N) is 1. The molecule has 1 aromatic heterocycles. The summed E-state index contributed by atoms with van der Waals surface area (Å²) in [5.74, 6) is 0.941. The fourth-order valence-electron chi connectivity index (χ4n) is 3.66. The van der Waals surface area contributed by atoms with E-state index in [1.807, 2.05) is 45.0 Å². The van der Waals surface area contributed by atoms with Gasteiger partial charge >= 0.3 is 0 Å². The van der Waals surface area contributed by atoms with E-state index in [9.17, 15) is 9.59 Å². The highest BCUT2D eigenvalue weighted by molar-refractivity contribution is 5.95. The van der Waals surface area contributed by atoms with Gasteiger partial charge in [0.1, 0.15) is 11.3 Å². The van der Waals surface area contributed by atoms with E-state index in [4.69, 9.17) is 4.74 Å². The van der Waals surface area contributed by atoms with Crippen molar-refractivity contribution in [2.75, 3.05) is 13.2 Å². The third kappa shape index (κ3) is 3.66. The first-order chi connectivity index (χ1) is 12.5. The van der Waals surface area contributed by atoms with Crippen LogP contribution in [0.15, 0.2) is 35.1 Å². The van der Waals surface area contributed by atoms with Crippen LogP contribution in [0.4, 0.5) is 0 Å². The van der Waals surface area contributed by atoms with Crippen molar-refractivity contribution in [2.45, 2.75) is 40.2 Å². The number of benzene rings is 1. The highest BCUT2D eigenvalue weighted by Crippen LogP contribution is 2.26. The number of aromatic nitrogens is 1. The molecule has 5 heteroatoms. The Labute approximate surface area is 154 Å². The number of hydrogen-bond donors (Lipinski definition) is 1. The maximum atomic E-state index is 12.7. The van der Waals surface area contributed by atoms with Crippen molar-refractivity contribution in [3.05, 3.63) is 63.1 Å². The number of rotatable bonds is 4. The van der Waals surface area contributed by atoms with Crippen molar-refractivity contribution < 1.29 is 9.53 Å². The molecule has 5 nitrogen and oxygen atoms in total. The van der Waals surface area contributed by atoms with Crippen LogP contribution in [0.2, 0.25) is 0 Å². The Morgan fingerprint density at radius 1 is 1.31 bits per heavy atom. The molecule has 1 aromatic carbocycles. The monoisotopic (exact) mass is 354 g/mol. The largest absolute Gasteiger partial charge is 0.493 e. The average Bonchev–Trinajstić information content (AvgIpc) is 2.81. The zero-order valence-corrected chi connectivity index (χ0v) is 15.7. The summed E-state index contributed by atoms with van der Waals surface area (Å²) in [4.78, 5) is 25.3. The molecule has 2 aromatic rings. The maximum absolute atomic E-state index is 12.7. The first-order valence-corrected chi connectivity index (χ1v) is 9.21. The zero-order valence-electron chi connectivity index (χ0n) is 15.7. The summed E-state index contributed by atoms with van der Waals surface area (Å²) < 4.78 is 7.42. The minimum absolute atomic E-state index is 0.211. The molecule has 0 bridgehead atoms. The predicted molar refractivity (Wildman–Crippen MR) is 102 cm³/mol. The lowest BCUT2D eigenvalue weighted by molar-refractivity contribution is 0.0942. The van der Waals surface area contributed by atoms with Crippen molar-refractivity contribution >= 4 is 5.91 Å². The number of nitrogens with zero attached hydrogens (tertiary/aromatic N) is 1. The Kier molecular flexibility index (Phi) is 5.45. The molecule has 1 aliphatic rings. The van der Waals surface area contributed by atoms with Crippen LogP contribution in [0, 0.1) is 19.8 Å². The normalized spacial score (nSPS) is 16.3. The van der Waals surface area contributed by atoms with Gasteiger partial charge in [0.15, 0.2) is 0 Å². The third-order valence-corrected chi connectivity index (χ3v) is 5.06. The molecule has 2 heterocycles. The van der Waals surface area contributed by atoms with E-state index in [0.29, 0.717) is 25.6 Å². The SMILES string of the molecule is CCn1c(C)cc(C)c(C(=O)NC[C@@H]2CCOc3ccccc3C2)c1=O. The molecule has 0 aliphatic carbocycles. The van der Waals surface area contributed by atoms with E-state index in [1.54, 1.807) is 4.57 Å². The number of hydrogen-bond acceptors (Lipinski definition) is 3. The van der Waals surface area contributed by atoms with Crippen molar-refractivity contribution in [2.24, 2.45) is 5.92 Å². The molecule has 1 aliphatic heterocycles. The van der Waals surface area contributed by atoms with Gasteiger partial charge in [0.05, 0.1) is 6.61 Å². The molecule has 0 spiro atoms. The molecule has 0 radical (unpaired) electrons. The highest BCUT2D eigenvalue weighted by atomic mass is 16.5. The second-order valence-corrected chi connectivity index (χ2v) is 6.92. The number of fused-ring (bicyclic) bond motifs is 1. The zero-order chi connectivity index (χ0) is 18.7. The minimum Gasteiger partial charge on any atom is -0.493 e. The number of carbonyl (C=O) groups excluding carboxylic acids is 1. The second-order valence-electron chi connectivity index (χ2n) is 6.92. The van der Waals surface area contributed by atoms with Crippen LogP contribution in [-0.2, 0) is 13.0 Å². The Balaban J connectivity index is 1.73. The van der Waals surface area contributed by atoms with Crippen LogP contribution in [0.3, 0.4) is 0 Å². The fourth-order valence-corrected chi connectivity index (χ4v) is 3.66. The number of para-hydroxylation sites is 1. The number of amides is 1. The summed E-state index contributed by atoms with van der Waals surface area (Å²) in [5.41, 5.74) is 2.82. The van der Waals surface area contributed by atoms with Crippen LogP contribution >= 0.6 is 0 Å².